The molecular formula is C15H28BNO2. The van der Waals surface area contributed by atoms with Crippen molar-refractivity contribution in [1.29, 1.82) is 0 Å². The van der Waals surface area contributed by atoms with Gasteiger partial charge in [0.2, 0.25) is 0 Å². The molecule has 1 aliphatic heterocycles. The van der Waals surface area contributed by atoms with Crippen LogP contribution in [-0.4, -0.2) is 24.8 Å². The predicted octanol–water partition coefficient (Wildman–Crippen LogP) is 2.63. The number of hydrogen-bond donors (Lipinski definition) is 1. The molecule has 0 radical (unpaired) electrons. The lowest BCUT2D eigenvalue weighted by Gasteiger charge is -2.64. The molecule has 4 aliphatic rings. The normalized spacial score (nSPS) is 45.0. The Morgan fingerprint density at radius 2 is 1.95 bits per heavy atom. The Balaban J connectivity index is 1.74. The van der Waals surface area contributed by atoms with Gasteiger partial charge in [-0.25, -0.2) is 0 Å². The second-order valence-corrected chi connectivity index (χ2v) is 8.13. The van der Waals surface area contributed by atoms with Crippen molar-refractivity contribution in [2.24, 2.45) is 28.9 Å². The zero-order chi connectivity index (χ0) is 14.0. The van der Waals surface area contributed by atoms with Crippen molar-refractivity contribution in [2.45, 2.75) is 71.5 Å². The summed E-state index contributed by atoms with van der Waals surface area (Å²) in [4.78, 5) is 0. The molecule has 5 atom stereocenters. The minimum Gasteiger partial charge on any atom is -0.404 e. The van der Waals surface area contributed by atoms with Gasteiger partial charge >= 0.3 is 7.12 Å². The van der Waals surface area contributed by atoms with E-state index in [1.807, 2.05) is 0 Å². The second-order valence-electron chi connectivity index (χ2n) is 8.13. The third-order valence-electron chi connectivity index (χ3n) is 6.06. The molecule has 3 nitrogen and oxygen atoms in total. The molecule has 0 aromatic rings. The molecule has 4 rings (SSSR count). The van der Waals surface area contributed by atoms with Gasteiger partial charge in [-0.1, -0.05) is 27.7 Å². The summed E-state index contributed by atoms with van der Waals surface area (Å²) in [5.41, 5.74) is 6.56. The fourth-order valence-corrected chi connectivity index (χ4v) is 4.74. The monoisotopic (exact) mass is 265 g/mol. The maximum atomic E-state index is 6.35. The maximum absolute atomic E-state index is 6.35. The molecule has 1 heterocycles. The maximum Gasteiger partial charge on any atom is 0.475 e. The molecule has 19 heavy (non-hydrogen) atoms. The summed E-state index contributed by atoms with van der Waals surface area (Å²) in [6, 6.07) is 0. The van der Waals surface area contributed by atoms with Crippen molar-refractivity contribution in [1.82, 2.24) is 0 Å². The zero-order valence-corrected chi connectivity index (χ0v) is 13.0. The van der Waals surface area contributed by atoms with Gasteiger partial charge in [-0.2, -0.15) is 0 Å². The van der Waals surface area contributed by atoms with Crippen LogP contribution in [0.25, 0.3) is 0 Å². The van der Waals surface area contributed by atoms with Crippen LogP contribution < -0.4 is 5.73 Å². The molecular weight excluding hydrogens is 237 g/mol. The molecule has 3 aliphatic carbocycles. The summed E-state index contributed by atoms with van der Waals surface area (Å²) in [6.45, 7) is 11.4. The Morgan fingerprint density at radius 3 is 2.53 bits per heavy atom. The van der Waals surface area contributed by atoms with E-state index >= 15 is 0 Å². The third kappa shape index (κ3) is 1.90. The largest absolute Gasteiger partial charge is 0.475 e. The van der Waals surface area contributed by atoms with Crippen LogP contribution in [0.3, 0.4) is 0 Å². The molecule has 4 heteroatoms. The first kappa shape index (κ1) is 13.9. The quantitative estimate of drug-likeness (QED) is 0.798. The average molecular weight is 265 g/mol. The minimum atomic E-state index is -0.201. The Bertz CT molecular complexity index is 373. The summed E-state index contributed by atoms with van der Waals surface area (Å²) in [5, 5.41) is 0. The first-order valence-electron chi connectivity index (χ1n) is 7.84. The number of rotatable bonds is 3. The van der Waals surface area contributed by atoms with Gasteiger partial charge < -0.3 is 15.0 Å². The second kappa shape index (κ2) is 4.22. The highest BCUT2D eigenvalue weighted by atomic mass is 16.7. The van der Waals surface area contributed by atoms with Gasteiger partial charge in [-0.3, -0.25) is 0 Å². The van der Waals surface area contributed by atoms with Crippen LogP contribution in [0.15, 0.2) is 0 Å². The molecule has 2 bridgehead atoms. The Labute approximate surface area is 117 Å². The molecule has 3 saturated carbocycles. The van der Waals surface area contributed by atoms with Gasteiger partial charge in [0, 0.05) is 5.94 Å². The van der Waals surface area contributed by atoms with E-state index in [4.69, 9.17) is 15.0 Å². The molecule has 108 valence electrons. The van der Waals surface area contributed by atoms with E-state index in [2.05, 4.69) is 34.6 Å². The summed E-state index contributed by atoms with van der Waals surface area (Å²) >= 11 is 0. The lowest BCUT2D eigenvalue weighted by Crippen LogP contribution is -2.65. The van der Waals surface area contributed by atoms with Crippen molar-refractivity contribution in [3.8, 4) is 0 Å². The SMILES string of the molecule is CC(C)CC(N)B1O[C@@H]2CC3C[C@@H](C3(C)C)[C@]2(C)O1. The molecule has 0 amide bonds. The molecule has 1 saturated heterocycles. The summed E-state index contributed by atoms with van der Waals surface area (Å²) in [6.07, 6.45) is 3.67. The smallest absolute Gasteiger partial charge is 0.404 e. The molecule has 2 N–H and O–H groups in total. The van der Waals surface area contributed by atoms with Crippen molar-refractivity contribution < 1.29 is 9.31 Å². The summed E-state index contributed by atoms with van der Waals surface area (Å²) in [7, 11) is -0.201. The van der Waals surface area contributed by atoms with Crippen LogP contribution in [-0.2, 0) is 9.31 Å². The highest BCUT2D eigenvalue weighted by Crippen LogP contribution is 2.65. The number of hydrogen-bond acceptors (Lipinski definition) is 3. The Hall–Kier alpha value is -0.0551. The lowest BCUT2D eigenvalue weighted by molar-refractivity contribution is -0.199. The highest BCUT2D eigenvalue weighted by Gasteiger charge is 2.68. The Kier molecular flexibility index (Phi) is 3.09. The van der Waals surface area contributed by atoms with E-state index in [0.29, 0.717) is 17.3 Å². The van der Waals surface area contributed by atoms with Gasteiger partial charge in [0.15, 0.2) is 0 Å². The van der Waals surface area contributed by atoms with Crippen molar-refractivity contribution in [3.05, 3.63) is 0 Å². The lowest BCUT2D eigenvalue weighted by atomic mass is 9.43. The third-order valence-corrected chi connectivity index (χ3v) is 6.06. The fraction of sp³-hybridized carbons (Fsp3) is 1.00. The van der Waals surface area contributed by atoms with E-state index in [1.54, 1.807) is 0 Å². The van der Waals surface area contributed by atoms with Crippen molar-refractivity contribution >= 4 is 7.12 Å². The molecule has 0 spiro atoms. The van der Waals surface area contributed by atoms with Gasteiger partial charge in [-0.15, -0.1) is 0 Å². The predicted molar refractivity (Wildman–Crippen MR) is 77.5 cm³/mol. The summed E-state index contributed by atoms with van der Waals surface area (Å²) < 4.78 is 12.5. The zero-order valence-electron chi connectivity index (χ0n) is 13.0. The van der Waals surface area contributed by atoms with E-state index in [9.17, 15) is 0 Å². The Morgan fingerprint density at radius 1 is 1.26 bits per heavy atom. The topological polar surface area (TPSA) is 44.5 Å². The minimum absolute atomic E-state index is 0.00253. The van der Waals surface area contributed by atoms with Crippen molar-refractivity contribution in [2.75, 3.05) is 0 Å². The standard InChI is InChI=1S/C15H28BNO2/c1-9(2)6-13(17)16-18-12-8-10-7-11(14(10,3)4)15(12,5)19-16/h9-13H,6-8,17H2,1-5H3/t10?,11-,12+,13?,15-/m0/s1. The van der Waals surface area contributed by atoms with Crippen LogP contribution in [0.4, 0.5) is 0 Å². The van der Waals surface area contributed by atoms with Gasteiger partial charge in [-0.05, 0) is 49.4 Å². The van der Waals surface area contributed by atoms with Crippen LogP contribution in [0.1, 0.15) is 53.9 Å². The van der Waals surface area contributed by atoms with E-state index < -0.39 is 0 Å². The van der Waals surface area contributed by atoms with Crippen LogP contribution in [0.2, 0.25) is 0 Å². The van der Waals surface area contributed by atoms with E-state index in [0.717, 1.165) is 18.8 Å². The molecule has 0 aromatic heterocycles. The van der Waals surface area contributed by atoms with Crippen molar-refractivity contribution in [3.63, 3.8) is 0 Å². The van der Waals surface area contributed by atoms with Crippen LogP contribution in [0.5, 0.6) is 0 Å². The van der Waals surface area contributed by atoms with Gasteiger partial charge in [0.25, 0.3) is 0 Å². The number of nitrogens with two attached hydrogens (primary N) is 1. The molecule has 2 unspecified atom stereocenters. The highest BCUT2D eigenvalue weighted by molar-refractivity contribution is 6.47. The van der Waals surface area contributed by atoms with E-state index in [-0.39, 0.29) is 24.8 Å². The van der Waals surface area contributed by atoms with Crippen LogP contribution in [0, 0.1) is 23.2 Å². The van der Waals surface area contributed by atoms with Gasteiger partial charge in [0.1, 0.15) is 0 Å². The fourth-order valence-electron chi connectivity index (χ4n) is 4.74. The van der Waals surface area contributed by atoms with E-state index in [1.165, 1.54) is 6.42 Å². The first-order chi connectivity index (χ1) is 8.75. The molecule has 0 aromatic carbocycles. The van der Waals surface area contributed by atoms with Gasteiger partial charge in [0.05, 0.1) is 11.7 Å². The average Bonchev–Trinajstić information content (AvgIpc) is 2.64. The first-order valence-corrected chi connectivity index (χ1v) is 7.84. The molecule has 4 fully saturated rings. The summed E-state index contributed by atoms with van der Waals surface area (Å²) in [5.74, 6) is 2.02. The van der Waals surface area contributed by atoms with Crippen LogP contribution >= 0.6 is 0 Å².